The minimum Gasteiger partial charge on any atom is -0.227 e. The van der Waals surface area contributed by atoms with Crippen LogP contribution in [0.2, 0.25) is 5.15 Å². The summed E-state index contributed by atoms with van der Waals surface area (Å²) in [4.78, 5) is 4.44. The van der Waals surface area contributed by atoms with Gasteiger partial charge in [-0.05, 0) is 34.8 Å². The summed E-state index contributed by atoms with van der Waals surface area (Å²) in [7, 11) is 0. The van der Waals surface area contributed by atoms with Gasteiger partial charge in [-0.15, -0.1) is 0 Å². The van der Waals surface area contributed by atoms with Crippen LogP contribution in [0.3, 0.4) is 0 Å². The molecule has 3 nitrogen and oxygen atoms in total. The van der Waals surface area contributed by atoms with Gasteiger partial charge in [0.1, 0.15) is 11.0 Å². The van der Waals surface area contributed by atoms with Gasteiger partial charge >= 0.3 is 0 Å². The summed E-state index contributed by atoms with van der Waals surface area (Å²) in [5.41, 5.74) is 1.54. The molecule has 0 aliphatic carbocycles. The van der Waals surface area contributed by atoms with Crippen LogP contribution in [-0.2, 0) is 0 Å². The molecule has 0 saturated carbocycles. The Hall–Kier alpha value is -1.20. The molecule has 0 bridgehead atoms. The van der Waals surface area contributed by atoms with E-state index in [0.29, 0.717) is 34.9 Å². The molecule has 0 aliphatic rings. The Balaban J connectivity index is 2.62. The molecule has 2 heterocycles. The SMILES string of the molecule is CC/C=C(\C(F)=C/CC)c1cc(Cl)n2ncc(Br)c2n1. The van der Waals surface area contributed by atoms with Crippen molar-refractivity contribution in [2.75, 3.05) is 0 Å². The number of hydrogen-bond donors (Lipinski definition) is 0. The third-order valence-corrected chi connectivity index (χ3v) is 3.54. The van der Waals surface area contributed by atoms with Crippen molar-refractivity contribution in [1.29, 1.82) is 0 Å². The molecule has 0 amide bonds. The highest BCUT2D eigenvalue weighted by molar-refractivity contribution is 9.10. The molecule has 0 saturated heterocycles. The Morgan fingerprint density at radius 1 is 1.40 bits per heavy atom. The van der Waals surface area contributed by atoms with Crippen molar-refractivity contribution in [2.24, 2.45) is 0 Å². The van der Waals surface area contributed by atoms with Crippen LogP contribution in [0.15, 0.2) is 34.7 Å². The fraction of sp³-hybridized carbons (Fsp3) is 0.286. The van der Waals surface area contributed by atoms with E-state index in [-0.39, 0.29) is 5.83 Å². The minimum absolute atomic E-state index is 0.280. The highest BCUT2D eigenvalue weighted by Crippen LogP contribution is 2.28. The van der Waals surface area contributed by atoms with Gasteiger partial charge in [0.2, 0.25) is 0 Å². The van der Waals surface area contributed by atoms with Crippen molar-refractivity contribution in [1.82, 2.24) is 14.6 Å². The number of hydrogen-bond acceptors (Lipinski definition) is 2. The first kappa shape index (κ1) is 15.2. The average Bonchev–Trinajstić information content (AvgIpc) is 2.78. The fourth-order valence-corrected chi connectivity index (χ4v) is 2.43. The first-order valence-electron chi connectivity index (χ1n) is 6.34. The molecule has 20 heavy (non-hydrogen) atoms. The van der Waals surface area contributed by atoms with Crippen LogP contribution < -0.4 is 0 Å². The van der Waals surface area contributed by atoms with E-state index in [9.17, 15) is 4.39 Å². The van der Waals surface area contributed by atoms with E-state index in [2.05, 4.69) is 26.0 Å². The molecule has 0 spiro atoms. The van der Waals surface area contributed by atoms with Crippen molar-refractivity contribution >= 4 is 38.8 Å². The van der Waals surface area contributed by atoms with Crippen molar-refractivity contribution in [2.45, 2.75) is 26.7 Å². The van der Waals surface area contributed by atoms with Crippen molar-refractivity contribution in [3.05, 3.63) is 45.6 Å². The van der Waals surface area contributed by atoms with Crippen molar-refractivity contribution < 1.29 is 4.39 Å². The van der Waals surface area contributed by atoms with Gasteiger partial charge in [0, 0.05) is 11.6 Å². The van der Waals surface area contributed by atoms with Crippen molar-refractivity contribution in [3.8, 4) is 0 Å². The average molecular weight is 359 g/mol. The summed E-state index contributed by atoms with van der Waals surface area (Å²) in [5, 5.41) is 4.48. The normalized spacial score (nSPS) is 13.2. The maximum Gasteiger partial charge on any atom is 0.171 e. The molecular weight excluding hydrogens is 345 g/mol. The molecule has 6 heteroatoms. The van der Waals surface area contributed by atoms with Crippen LogP contribution in [0.4, 0.5) is 4.39 Å². The molecule has 2 rings (SSSR count). The molecule has 2 aromatic rings. The van der Waals surface area contributed by atoms with Gasteiger partial charge in [0.05, 0.1) is 16.4 Å². The quantitative estimate of drug-likeness (QED) is 0.555. The highest BCUT2D eigenvalue weighted by atomic mass is 79.9. The molecule has 0 radical (unpaired) electrons. The standard InChI is InChI=1S/C14H14BrClFN3/c1-3-5-9(11(17)6-4-2)12-7-13(16)20-14(19-12)10(15)8-18-20/h5-8H,3-4H2,1-2H3/b9-5+,11-6+. The summed E-state index contributed by atoms with van der Waals surface area (Å²) < 4.78 is 16.4. The van der Waals surface area contributed by atoms with E-state index in [1.165, 1.54) is 10.6 Å². The Labute approximate surface area is 130 Å². The molecule has 0 fully saturated rings. The molecule has 2 aromatic heterocycles. The molecule has 0 N–H and O–H groups in total. The summed E-state index contributed by atoms with van der Waals surface area (Å²) in [6.45, 7) is 3.84. The third-order valence-electron chi connectivity index (χ3n) is 2.71. The number of fused-ring (bicyclic) bond motifs is 1. The second-order valence-corrected chi connectivity index (χ2v) is 5.42. The van der Waals surface area contributed by atoms with Gasteiger partial charge in [-0.1, -0.05) is 31.5 Å². The molecule has 106 valence electrons. The topological polar surface area (TPSA) is 30.2 Å². The van der Waals surface area contributed by atoms with E-state index >= 15 is 0 Å². The van der Waals surface area contributed by atoms with E-state index in [4.69, 9.17) is 11.6 Å². The lowest BCUT2D eigenvalue weighted by Gasteiger charge is -2.07. The molecule has 0 aliphatic heterocycles. The predicted molar refractivity (Wildman–Crippen MR) is 83.4 cm³/mol. The third kappa shape index (κ3) is 2.94. The number of halogens is 3. The lowest BCUT2D eigenvalue weighted by molar-refractivity contribution is 0.666. The number of allylic oxidation sites excluding steroid dienone is 4. The fourth-order valence-electron chi connectivity index (χ4n) is 1.86. The van der Waals surface area contributed by atoms with E-state index in [1.54, 1.807) is 18.3 Å². The van der Waals surface area contributed by atoms with Crippen LogP contribution >= 0.6 is 27.5 Å². The smallest absolute Gasteiger partial charge is 0.171 e. The maximum absolute atomic E-state index is 14.2. The zero-order valence-electron chi connectivity index (χ0n) is 11.2. The van der Waals surface area contributed by atoms with E-state index in [1.807, 2.05) is 13.8 Å². The molecular formula is C14H14BrClFN3. The zero-order chi connectivity index (χ0) is 14.7. The summed E-state index contributed by atoms with van der Waals surface area (Å²) >= 11 is 9.53. The second kappa shape index (κ2) is 6.50. The second-order valence-electron chi connectivity index (χ2n) is 4.18. The summed E-state index contributed by atoms with van der Waals surface area (Å²) in [5.74, 6) is -0.280. The van der Waals surface area contributed by atoms with Gasteiger partial charge in [-0.3, -0.25) is 0 Å². The Bertz CT molecular complexity index is 691. The Kier molecular flexibility index (Phi) is 4.94. The molecule has 0 aromatic carbocycles. The van der Waals surface area contributed by atoms with Crippen LogP contribution in [0.1, 0.15) is 32.4 Å². The number of aromatic nitrogens is 3. The van der Waals surface area contributed by atoms with E-state index in [0.717, 1.165) is 4.47 Å². The molecule has 0 atom stereocenters. The maximum atomic E-state index is 14.2. The lowest BCUT2D eigenvalue weighted by Crippen LogP contribution is -1.98. The Morgan fingerprint density at radius 3 is 2.75 bits per heavy atom. The van der Waals surface area contributed by atoms with Crippen LogP contribution in [0, 0.1) is 0 Å². The summed E-state index contributed by atoms with van der Waals surface area (Å²) in [6, 6.07) is 1.62. The number of rotatable bonds is 4. The molecule has 0 unspecified atom stereocenters. The zero-order valence-corrected chi connectivity index (χ0v) is 13.5. The van der Waals surface area contributed by atoms with Gasteiger partial charge < -0.3 is 0 Å². The van der Waals surface area contributed by atoms with Crippen LogP contribution in [-0.4, -0.2) is 14.6 Å². The van der Waals surface area contributed by atoms with Crippen LogP contribution in [0.25, 0.3) is 11.2 Å². The van der Waals surface area contributed by atoms with Crippen molar-refractivity contribution in [3.63, 3.8) is 0 Å². The van der Waals surface area contributed by atoms with Gasteiger partial charge in [-0.25, -0.2) is 13.9 Å². The first-order chi connectivity index (χ1) is 9.58. The number of nitrogens with zero attached hydrogens (tertiary/aromatic N) is 3. The first-order valence-corrected chi connectivity index (χ1v) is 7.51. The van der Waals surface area contributed by atoms with Crippen LogP contribution in [0.5, 0.6) is 0 Å². The Morgan fingerprint density at radius 2 is 2.10 bits per heavy atom. The predicted octanol–water partition coefficient (Wildman–Crippen LogP) is 5.20. The summed E-state index contributed by atoms with van der Waals surface area (Å²) in [6.07, 6.45) is 6.29. The monoisotopic (exact) mass is 357 g/mol. The highest BCUT2D eigenvalue weighted by Gasteiger charge is 2.14. The minimum atomic E-state index is -0.280. The largest absolute Gasteiger partial charge is 0.227 e. The van der Waals surface area contributed by atoms with E-state index < -0.39 is 0 Å². The van der Waals surface area contributed by atoms with Gasteiger partial charge in [0.25, 0.3) is 0 Å². The lowest BCUT2D eigenvalue weighted by atomic mass is 10.1. The van der Waals surface area contributed by atoms with Gasteiger partial charge in [-0.2, -0.15) is 5.10 Å². The van der Waals surface area contributed by atoms with Gasteiger partial charge in [0.15, 0.2) is 5.65 Å².